The van der Waals surface area contributed by atoms with Crippen molar-refractivity contribution in [1.29, 1.82) is 0 Å². The number of nitrogens with zero attached hydrogens (tertiary/aromatic N) is 3. The number of halogens is 1. The molecule has 0 spiro atoms. The van der Waals surface area contributed by atoms with Crippen molar-refractivity contribution in [2.45, 2.75) is 16.7 Å². The molecule has 0 saturated heterocycles. The minimum Gasteiger partial charge on any atom is -0.392 e. The lowest BCUT2D eigenvalue weighted by Crippen LogP contribution is -1.92. The zero-order valence-electron chi connectivity index (χ0n) is 8.59. The van der Waals surface area contributed by atoms with Crippen molar-refractivity contribution in [3.05, 3.63) is 35.1 Å². The second-order valence-corrected chi connectivity index (χ2v) is 4.68. The van der Waals surface area contributed by atoms with Gasteiger partial charge in [-0.25, -0.2) is 0 Å². The summed E-state index contributed by atoms with van der Waals surface area (Å²) in [6, 6.07) is 5.38. The molecule has 16 heavy (non-hydrogen) atoms. The van der Waals surface area contributed by atoms with Crippen LogP contribution in [-0.2, 0) is 13.7 Å². The summed E-state index contributed by atoms with van der Waals surface area (Å²) < 4.78 is 1.81. The monoisotopic (exact) mass is 255 g/mol. The van der Waals surface area contributed by atoms with E-state index >= 15 is 0 Å². The molecule has 6 heteroatoms. The Bertz CT molecular complexity index is 501. The Labute approximate surface area is 102 Å². The summed E-state index contributed by atoms with van der Waals surface area (Å²) in [6.45, 7) is -0.0165. The van der Waals surface area contributed by atoms with Gasteiger partial charge in [-0.2, -0.15) is 0 Å². The van der Waals surface area contributed by atoms with Gasteiger partial charge in [0.15, 0.2) is 5.16 Å². The zero-order chi connectivity index (χ0) is 11.5. The molecule has 2 rings (SSSR count). The number of hydrogen-bond donors (Lipinski definition) is 1. The predicted octanol–water partition coefficient (Wildman–Crippen LogP) is 2.11. The Morgan fingerprint density at radius 2 is 2.31 bits per heavy atom. The number of rotatable bonds is 3. The molecule has 1 aromatic carbocycles. The summed E-state index contributed by atoms with van der Waals surface area (Å²) in [5.41, 5.74) is 0.831. The van der Waals surface area contributed by atoms with E-state index in [1.54, 1.807) is 18.5 Å². The average molecular weight is 256 g/mol. The molecular formula is C10H10ClN3OS. The van der Waals surface area contributed by atoms with Crippen LogP contribution in [0.15, 0.2) is 34.6 Å². The standard InChI is InChI=1S/C10H10ClN3OS/c1-14-6-12-13-10(14)16-9-4-8(11)3-2-7(9)5-15/h2-4,6,15H,5H2,1H3. The molecular weight excluding hydrogens is 246 g/mol. The van der Waals surface area contributed by atoms with Crippen LogP contribution < -0.4 is 0 Å². The maximum absolute atomic E-state index is 9.21. The summed E-state index contributed by atoms with van der Waals surface area (Å²) in [5, 5.41) is 18.4. The lowest BCUT2D eigenvalue weighted by atomic mass is 10.2. The van der Waals surface area contributed by atoms with Crippen LogP contribution in [0.3, 0.4) is 0 Å². The van der Waals surface area contributed by atoms with Crippen LogP contribution >= 0.6 is 23.4 Å². The Kier molecular flexibility index (Phi) is 3.48. The summed E-state index contributed by atoms with van der Waals surface area (Å²) in [7, 11) is 1.87. The van der Waals surface area contributed by atoms with E-state index in [0.717, 1.165) is 15.6 Å². The molecule has 1 aromatic heterocycles. The first-order valence-corrected chi connectivity index (χ1v) is 5.81. The van der Waals surface area contributed by atoms with Crippen LogP contribution in [0.2, 0.25) is 5.02 Å². The minimum absolute atomic E-state index is 0.0165. The van der Waals surface area contributed by atoms with Gasteiger partial charge in [0.05, 0.1) is 6.61 Å². The van der Waals surface area contributed by atoms with E-state index in [1.807, 2.05) is 17.7 Å². The molecule has 0 radical (unpaired) electrons. The molecule has 4 nitrogen and oxygen atoms in total. The van der Waals surface area contributed by atoms with Crippen molar-refractivity contribution in [2.75, 3.05) is 0 Å². The summed E-state index contributed by atoms with van der Waals surface area (Å²) in [5.74, 6) is 0. The average Bonchev–Trinajstić information content (AvgIpc) is 2.65. The van der Waals surface area contributed by atoms with Crippen molar-refractivity contribution in [1.82, 2.24) is 14.8 Å². The Hall–Kier alpha value is -1.04. The molecule has 1 N–H and O–H groups in total. The van der Waals surface area contributed by atoms with Gasteiger partial charge in [0.1, 0.15) is 6.33 Å². The highest BCUT2D eigenvalue weighted by molar-refractivity contribution is 7.99. The molecule has 0 amide bonds. The molecule has 0 atom stereocenters. The van der Waals surface area contributed by atoms with Crippen LogP contribution in [-0.4, -0.2) is 19.9 Å². The second-order valence-electron chi connectivity index (χ2n) is 3.24. The van der Waals surface area contributed by atoms with Gasteiger partial charge in [-0.15, -0.1) is 10.2 Å². The number of aliphatic hydroxyl groups is 1. The van der Waals surface area contributed by atoms with E-state index in [0.29, 0.717) is 5.02 Å². The topological polar surface area (TPSA) is 50.9 Å². The molecule has 0 unspecified atom stereocenters. The van der Waals surface area contributed by atoms with Gasteiger partial charge in [0.2, 0.25) is 0 Å². The van der Waals surface area contributed by atoms with Crippen LogP contribution in [0.4, 0.5) is 0 Å². The van der Waals surface area contributed by atoms with E-state index < -0.39 is 0 Å². The van der Waals surface area contributed by atoms with Crippen LogP contribution in [0.1, 0.15) is 5.56 Å². The first-order valence-electron chi connectivity index (χ1n) is 4.62. The third kappa shape index (κ3) is 2.37. The van der Waals surface area contributed by atoms with E-state index in [4.69, 9.17) is 11.6 Å². The third-order valence-corrected chi connectivity index (χ3v) is 3.46. The number of benzene rings is 1. The van der Waals surface area contributed by atoms with Crippen LogP contribution in [0.25, 0.3) is 0 Å². The van der Waals surface area contributed by atoms with E-state index in [1.165, 1.54) is 11.8 Å². The van der Waals surface area contributed by atoms with Crippen molar-refractivity contribution in [2.24, 2.45) is 7.05 Å². The maximum Gasteiger partial charge on any atom is 0.195 e. The van der Waals surface area contributed by atoms with Crippen molar-refractivity contribution in [3.8, 4) is 0 Å². The fourth-order valence-corrected chi connectivity index (χ4v) is 2.38. The van der Waals surface area contributed by atoms with Gasteiger partial charge in [-0.3, -0.25) is 0 Å². The number of aryl methyl sites for hydroxylation is 1. The van der Waals surface area contributed by atoms with Crippen molar-refractivity contribution < 1.29 is 5.11 Å². The number of aromatic nitrogens is 3. The quantitative estimate of drug-likeness (QED) is 0.913. The van der Waals surface area contributed by atoms with Gasteiger partial charge in [0, 0.05) is 17.0 Å². The lowest BCUT2D eigenvalue weighted by Gasteiger charge is -2.06. The van der Waals surface area contributed by atoms with E-state index in [-0.39, 0.29) is 6.61 Å². The summed E-state index contributed by atoms with van der Waals surface area (Å²) >= 11 is 7.35. The van der Waals surface area contributed by atoms with E-state index in [9.17, 15) is 5.11 Å². The fraction of sp³-hybridized carbons (Fsp3) is 0.200. The fourth-order valence-electron chi connectivity index (χ4n) is 1.22. The second kappa shape index (κ2) is 4.86. The summed E-state index contributed by atoms with van der Waals surface area (Å²) in [6.07, 6.45) is 1.63. The first kappa shape index (κ1) is 11.4. The maximum atomic E-state index is 9.21. The van der Waals surface area contributed by atoms with Crippen LogP contribution in [0, 0.1) is 0 Å². The van der Waals surface area contributed by atoms with Crippen LogP contribution in [0.5, 0.6) is 0 Å². The normalized spacial score (nSPS) is 10.7. The molecule has 1 heterocycles. The Balaban J connectivity index is 2.33. The zero-order valence-corrected chi connectivity index (χ0v) is 10.2. The molecule has 84 valence electrons. The highest BCUT2D eigenvalue weighted by Crippen LogP contribution is 2.30. The Morgan fingerprint density at radius 1 is 1.50 bits per heavy atom. The molecule has 0 saturated carbocycles. The SMILES string of the molecule is Cn1cnnc1Sc1cc(Cl)ccc1CO. The predicted molar refractivity (Wildman–Crippen MR) is 62.5 cm³/mol. The smallest absolute Gasteiger partial charge is 0.195 e. The highest BCUT2D eigenvalue weighted by atomic mass is 35.5. The third-order valence-electron chi connectivity index (χ3n) is 2.07. The largest absolute Gasteiger partial charge is 0.392 e. The molecule has 0 aliphatic carbocycles. The minimum atomic E-state index is -0.0165. The van der Waals surface area contributed by atoms with Gasteiger partial charge < -0.3 is 9.67 Å². The Morgan fingerprint density at radius 3 is 2.94 bits per heavy atom. The van der Waals surface area contributed by atoms with Gasteiger partial charge >= 0.3 is 0 Å². The summed E-state index contributed by atoms with van der Waals surface area (Å²) in [4.78, 5) is 0.895. The van der Waals surface area contributed by atoms with Crippen molar-refractivity contribution in [3.63, 3.8) is 0 Å². The van der Waals surface area contributed by atoms with Crippen molar-refractivity contribution >= 4 is 23.4 Å². The van der Waals surface area contributed by atoms with Gasteiger partial charge in [-0.1, -0.05) is 17.7 Å². The molecule has 0 bridgehead atoms. The molecule has 0 aliphatic heterocycles. The van der Waals surface area contributed by atoms with E-state index in [2.05, 4.69) is 10.2 Å². The first-order chi connectivity index (χ1) is 7.70. The van der Waals surface area contributed by atoms with Gasteiger partial charge in [0.25, 0.3) is 0 Å². The molecule has 0 fully saturated rings. The molecule has 2 aromatic rings. The molecule has 0 aliphatic rings. The number of aliphatic hydroxyl groups excluding tert-OH is 1. The van der Waals surface area contributed by atoms with Gasteiger partial charge in [-0.05, 0) is 29.5 Å². The lowest BCUT2D eigenvalue weighted by molar-refractivity contribution is 0.279. The number of hydrogen-bond acceptors (Lipinski definition) is 4. The highest BCUT2D eigenvalue weighted by Gasteiger charge is 2.08.